The molecule has 0 spiro atoms. The van der Waals surface area contributed by atoms with Crippen molar-refractivity contribution in [3.8, 4) is 11.5 Å². The summed E-state index contributed by atoms with van der Waals surface area (Å²) in [5.74, 6) is 1.60. The van der Waals surface area contributed by atoms with Crippen LogP contribution in [0.3, 0.4) is 0 Å². The lowest BCUT2D eigenvalue weighted by atomic mass is 10.2. The first-order valence-electron chi connectivity index (χ1n) is 7.30. The fourth-order valence-corrected chi connectivity index (χ4v) is 2.10. The van der Waals surface area contributed by atoms with Crippen LogP contribution in [0.5, 0.6) is 11.5 Å². The summed E-state index contributed by atoms with van der Waals surface area (Å²) < 4.78 is 13.4. The summed E-state index contributed by atoms with van der Waals surface area (Å²) in [4.78, 5) is 0. The van der Waals surface area contributed by atoms with Crippen molar-refractivity contribution >= 4 is 0 Å². The molecule has 1 aromatic heterocycles. The molecule has 0 fully saturated rings. The van der Waals surface area contributed by atoms with Crippen molar-refractivity contribution < 1.29 is 9.47 Å². The lowest BCUT2D eigenvalue weighted by Crippen LogP contribution is -2.13. The lowest BCUT2D eigenvalue weighted by Gasteiger charge is -2.15. The van der Waals surface area contributed by atoms with E-state index >= 15 is 0 Å². The molecule has 0 saturated carbocycles. The van der Waals surface area contributed by atoms with Crippen molar-refractivity contribution in [3.05, 3.63) is 41.7 Å². The summed E-state index contributed by atoms with van der Waals surface area (Å²) in [6.45, 7) is 6.84. The maximum atomic E-state index is 6.00. The van der Waals surface area contributed by atoms with Gasteiger partial charge in [-0.05, 0) is 19.5 Å². The number of rotatable bonds is 8. The van der Waals surface area contributed by atoms with Crippen LogP contribution in [0.2, 0.25) is 0 Å². The van der Waals surface area contributed by atoms with Gasteiger partial charge < -0.3 is 14.8 Å². The van der Waals surface area contributed by atoms with E-state index in [9.17, 15) is 0 Å². The van der Waals surface area contributed by atoms with Crippen LogP contribution >= 0.6 is 0 Å². The van der Waals surface area contributed by atoms with Crippen molar-refractivity contribution in [1.29, 1.82) is 0 Å². The zero-order chi connectivity index (χ0) is 15.1. The number of hydrogen-bond donors (Lipinski definition) is 1. The minimum atomic E-state index is 0.483. The summed E-state index contributed by atoms with van der Waals surface area (Å²) in [6, 6.07) is 6.00. The molecule has 1 aromatic carbocycles. The largest absolute Gasteiger partial charge is 0.490 e. The molecule has 2 aromatic rings. The third-order valence-corrected chi connectivity index (χ3v) is 3.07. The highest BCUT2D eigenvalue weighted by atomic mass is 16.5. The Morgan fingerprint density at radius 2 is 2.10 bits per heavy atom. The Hall–Kier alpha value is -2.01. The average Bonchev–Trinajstić information content (AvgIpc) is 2.90. The maximum absolute atomic E-state index is 6.00. The van der Waals surface area contributed by atoms with Crippen LogP contribution in [0, 0.1) is 0 Å². The number of aromatic nitrogens is 2. The number of hydrogen-bond acceptors (Lipinski definition) is 4. The normalized spacial score (nSPS) is 10.6. The highest BCUT2D eigenvalue weighted by Crippen LogP contribution is 2.32. The Morgan fingerprint density at radius 3 is 2.76 bits per heavy atom. The summed E-state index contributed by atoms with van der Waals surface area (Å²) in [6.07, 6.45) is 3.76. The number of para-hydroxylation sites is 1. The van der Waals surface area contributed by atoms with Gasteiger partial charge in [-0.1, -0.05) is 19.1 Å². The molecule has 5 nitrogen and oxygen atoms in total. The molecule has 0 amide bonds. The number of benzene rings is 1. The van der Waals surface area contributed by atoms with Gasteiger partial charge in [0.2, 0.25) is 0 Å². The van der Waals surface area contributed by atoms with Crippen LogP contribution < -0.4 is 14.8 Å². The molecule has 0 aliphatic rings. The molecular formula is C16H23N3O2. The van der Waals surface area contributed by atoms with E-state index in [4.69, 9.17) is 9.47 Å². The zero-order valence-corrected chi connectivity index (χ0v) is 12.9. The molecule has 21 heavy (non-hydrogen) atoms. The fourth-order valence-electron chi connectivity index (χ4n) is 2.10. The van der Waals surface area contributed by atoms with Gasteiger partial charge in [0.1, 0.15) is 6.61 Å². The Morgan fingerprint density at radius 1 is 1.24 bits per heavy atom. The summed E-state index contributed by atoms with van der Waals surface area (Å²) in [5, 5.41) is 7.48. The van der Waals surface area contributed by atoms with E-state index in [0.717, 1.165) is 35.7 Å². The van der Waals surface area contributed by atoms with E-state index < -0.39 is 0 Å². The first kappa shape index (κ1) is 15.4. The number of ether oxygens (including phenoxy) is 2. The van der Waals surface area contributed by atoms with E-state index in [0.29, 0.717) is 13.2 Å². The van der Waals surface area contributed by atoms with Crippen molar-refractivity contribution in [2.75, 3.05) is 13.2 Å². The third-order valence-electron chi connectivity index (χ3n) is 3.07. The zero-order valence-electron chi connectivity index (χ0n) is 12.9. The van der Waals surface area contributed by atoms with Gasteiger partial charge in [-0.2, -0.15) is 5.10 Å². The third kappa shape index (κ3) is 4.23. The second kappa shape index (κ2) is 7.69. The predicted octanol–water partition coefficient (Wildman–Crippen LogP) is 2.51. The van der Waals surface area contributed by atoms with Gasteiger partial charge >= 0.3 is 0 Å². The monoisotopic (exact) mass is 289 g/mol. The highest BCUT2D eigenvalue weighted by molar-refractivity contribution is 5.46. The molecule has 1 N–H and O–H groups in total. The molecular weight excluding hydrogens is 266 g/mol. The lowest BCUT2D eigenvalue weighted by molar-refractivity contribution is 0.266. The molecule has 0 aliphatic heterocycles. The second-order valence-corrected chi connectivity index (χ2v) is 4.77. The van der Waals surface area contributed by atoms with Crippen LogP contribution in [0.25, 0.3) is 0 Å². The van der Waals surface area contributed by atoms with E-state index in [1.807, 2.05) is 38.5 Å². The minimum Gasteiger partial charge on any atom is -0.490 e. The average molecular weight is 289 g/mol. The van der Waals surface area contributed by atoms with E-state index in [1.165, 1.54) is 0 Å². The molecule has 0 atom stereocenters. The molecule has 0 aliphatic carbocycles. The molecule has 0 bridgehead atoms. The Labute approximate surface area is 125 Å². The van der Waals surface area contributed by atoms with Gasteiger partial charge in [-0.25, -0.2) is 0 Å². The van der Waals surface area contributed by atoms with Crippen LogP contribution in [0.1, 0.15) is 25.0 Å². The second-order valence-electron chi connectivity index (χ2n) is 4.77. The van der Waals surface area contributed by atoms with Gasteiger partial charge in [-0.15, -0.1) is 0 Å². The number of aryl methyl sites for hydroxylation is 1. The van der Waals surface area contributed by atoms with Gasteiger partial charge in [0, 0.05) is 30.9 Å². The smallest absolute Gasteiger partial charge is 0.166 e. The molecule has 0 unspecified atom stereocenters. The molecule has 5 heteroatoms. The SMILES string of the molecule is CCNCc1cccc(OCC)c1OCc1cnn(C)c1. The van der Waals surface area contributed by atoms with Crippen LogP contribution in [0.4, 0.5) is 0 Å². The topological polar surface area (TPSA) is 48.3 Å². The van der Waals surface area contributed by atoms with Gasteiger partial charge in [0.25, 0.3) is 0 Å². The van der Waals surface area contributed by atoms with Gasteiger partial charge in [-0.3, -0.25) is 4.68 Å². The van der Waals surface area contributed by atoms with Crippen molar-refractivity contribution in [2.45, 2.75) is 27.0 Å². The minimum absolute atomic E-state index is 0.483. The quantitative estimate of drug-likeness (QED) is 0.811. The molecule has 0 radical (unpaired) electrons. The van der Waals surface area contributed by atoms with E-state index in [1.54, 1.807) is 4.68 Å². The summed E-state index contributed by atoms with van der Waals surface area (Å²) >= 11 is 0. The van der Waals surface area contributed by atoms with Crippen molar-refractivity contribution in [3.63, 3.8) is 0 Å². The Kier molecular flexibility index (Phi) is 5.63. The van der Waals surface area contributed by atoms with Crippen LogP contribution in [-0.2, 0) is 20.2 Å². The van der Waals surface area contributed by atoms with Crippen molar-refractivity contribution in [1.82, 2.24) is 15.1 Å². The standard InChI is InChI=1S/C16H23N3O2/c1-4-17-10-14-7-6-8-15(20-5-2)16(14)21-12-13-9-18-19(3)11-13/h6-9,11,17H,4-5,10,12H2,1-3H3. The van der Waals surface area contributed by atoms with Crippen molar-refractivity contribution in [2.24, 2.45) is 7.05 Å². The number of nitrogens with one attached hydrogen (secondary N) is 1. The molecule has 2 rings (SSSR count). The van der Waals surface area contributed by atoms with Gasteiger partial charge in [0.05, 0.1) is 12.8 Å². The van der Waals surface area contributed by atoms with Crippen LogP contribution in [0.15, 0.2) is 30.6 Å². The maximum Gasteiger partial charge on any atom is 0.166 e. The first-order valence-corrected chi connectivity index (χ1v) is 7.30. The van der Waals surface area contributed by atoms with E-state index in [-0.39, 0.29) is 0 Å². The molecule has 1 heterocycles. The van der Waals surface area contributed by atoms with Gasteiger partial charge in [0.15, 0.2) is 11.5 Å². The fraction of sp³-hybridized carbons (Fsp3) is 0.438. The summed E-state index contributed by atoms with van der Waals surface area (Å²) in [5.41, 5.74) is 2.14. The predicted molar refractivity (Wildman–Crippen MR) is 82.5 cm³/mol. The first-order chi connectivity index (χ1) is 10.2. The number of nitrogens with zero attached hydrogens (tertiary/aromatic N) is 2. The Bertz CT molecular complexity index is 566. The van der Waals surface area contributed by atoms with Crippen LogP contribution in [-0.4, -0.2) is 22.9 Å². The molecule has 0 saturated heterocycles. The molecule has 114 valence electrons. The highest BCUT2D eigenvalue weighted by Gasteiger charge is 2.11. The summed E-state index contributed by atoms with van der Waals surface area (Å²) in [7, 11) is 1.90. The Balaban J connectivity index is 2.16. The van der Waals surface area contributed by atoms with E-state index in [2.05, 4.69) is 23.4 Å².